The molecular weight excluding hydrogens is 194 g/mol. The molecule has 0 bridgehead atoms. The highest BCUT2D eigenvalue weighted by atomic mass is 16.6. The lowest BCUT2D eigenvalue weighted by molar-refractivity contribution is -0.385. The lowest BCUT2D eigenvalue weighted by atomic mass is 10.0. The van der Waals surface area contributed by atoms with E-state index in [9.17, 15) is 10.1 Å². The van der Waals surface area contributed by atoms with Crippen molar-refractivity contribution in [3.63, 3.8) is 0 Å². The molecular formula is C11H15NO3. The highest BCUT2D eigenvalue weighted by Gasteiger charge is 2.15. The van der Waals surface area contributed by atoms with Crippen LogP contribution >= 0.6 is 0 Å². The van der Waals surface area contributed by atoms with Crippen LogP contribution in [-0.4, -0.2) is 16.1 Å². The second-order valence-corrected chi connectivity index (χ2v) is 3.72. The molecule has 0 aliphatic heterocycles. The molecule has 15 heavy (non-hydrogen) atoms. The van der Waals surface area contributed by atoms with Crippen LogP contribution in [0.5, 0.6) is 0 Å². The molecule has 0 spiro atoms. The summed E-state index contributed by atoms with van der Waals surface area (Å²) in [6.45, 7) is 3.54. The summed E-state index contributed by atoms with van der Waals surface area (Å²) in [6.07, 6.45) is 0.663. The van der Waals surface area contributed by atoms with E-state index in [1.165, 1.54) is 6.07 Å². The molecule has 4 nitrogen and oxygen atoms in total. The van der Waals surface area contributed by atoms with Crippen LogP contribution in [-0.2, 0) is 6.42 Å². The van der Waals surface area contributed by atoms with Gasteiger partial charge in [0, 0.05) is 11.6 Å². The Morgan fingerprint density at radius 1 is 1.53 bits per heavy atom. The molecule has 1 atom stereocenters. The number of hydrogen-bond acceptors (Lipinski definition) is 3. The predicted molar refractivity (Wildman–Crippen MR) is 57.8 cm³/mol. The molecule has 4 heteroatoms. The van der Waals surface area contributed by atoms with Crippen molar-refractivity contribution in [2.45, 2.75) is 32.8 Å². The van der Waals surface area contributed by atoms with E-state index >= 15 is 0 Å². The summed E-state index contributed by atoms with van der Waals surface area (Å²) in [4.78, 5) is 10.4. The first kappa shape index (κ1) is 11.7. The third-order valence-electron chi connectivity index (χ3n) is 2.39. The van der Waals surface area contributed by atoms with Gasteiger partial charge in [0.15, 0.2) is 0 Å². The van der Waals surface area contributed by atoms with Gasteiger partial charge in [-0.05, 0) is 32.3 Å². The Labute approximate surface area is 88.7 Å². The van der Waals surface area contributed by atoms with Crippen molar-refractivity contribution in [2.24, 2.45) is 0 Å². The normalized spacial score (nSPS) is 12.5. The van der Waals surface area contributed by atoms with Gasteiger partial charge in [0.05, 0.1) is 11.0 Å². The maximum Gasteiger partial charge on any atom is 0.272 e. The van der Waals surface area contributed by atoms with Gasteiger partial charge in [-0.2, -0.15) is 0 Å². The summed E-state index contributed by atoms with van der Waals surface area (Å²) >= 11 is 0. The van der Waals surface area contributed by atoms with Crippen molar-refractivity contribution >= 4 is 5.69 Å². The van der Waals surface area contributed by atoms with Gasteiger partial charge in [-0.15, -0.1) is 0 Å². The molecule has 0 aromatic heterocycles. The van der Waals surface area contributed by atoms with Crippen molar-refractivity contribution in [3.05, 3.63) is 39.4 Å². The fourth-order valence-corrected chi connectivity index (χ4v) is 1.54. The first-order valence-corrected chi connectivity index (χ1v) is 4.93. The molecule has 0 unspecified atom stereocenters. The van der Waals surface area contributed by atoms with Crippen LogP contribution in [0.3, 0.4) is 0 Å². The van der Waals surface area contributed by atoms with E-state index in [1.807, 2.05) is 13.0 Å². The van der Waals surface area contributed by atoms with E-state index in [-0.39, 0.29) is 10.6 Å². The summed E-state index contributed by atoms with van der Waals surface area (Å²) in [5.74, 6) is 0. The van der Waals surface area contributed by atoms with Crippen LogP contribution in [0.25, 0.3) is 0 Å². The van der Waals surface area contributed by atoms with Crippen molar-refractivity contribution in [2.75, 3.05) is 0 Å². The fraction of sp³-hybridized carbons (Fsp3) is 0.455. The van der Waals surface area contributed by atoms with Gasteiger partial charge < -0.3 is 5.11 Å². The first-order chi connectivity index (χ1) is 7.02. The van der Waals surface area contributed by atoms with Crippen molar-refractivity contribution in [3.8, 4) is 0 Å². The maximum atomic E-state index is 10.8. The van der Waals surface area contributed by atoms with Crippen LogP contribution in [0.15, 0.2) is 18.2 Å². The molecule has 0 aliphatic rings. The molecule has 0 aliphatic carbocycles. The van der Waals surface area contributed by atoms with E-state index in [2.05, 4.69) is 0 Å². The Morgan fingerprint density at radius 2 is 2.20 bits per heavy atom. The molecule has 1 aromatic carbocycles. The topological polar surface area (TPSA) is 63.4 Å². The van der Waals surface area contributed by atoms with E-state index in [0.717, 1.165) is 11.1 Å². The lowest BCUT2D eigenvalue weighted by Gasteiger charge is -2.07. The Hall–Kier alpha value is -1.42. The zero-order valence-corrected chi connectivity index (χ0v) is 8.93. The van der Waals surface area contributed by atoms with Crippen molar-refractivity contribution < 1.29 is 10.0 Å². The Morgan fingerprint density at radius 3 is 2.73 bits per heavy atom. The van der Waals surface area contributed by atoms with Crippen LogP contribution < -0.4 is 0 Å². The van der Waals surface area contributed by atoms with Gasteiger partial charge in [-0.25, -0.2) is 0 Å². The van der Waals surface area contributed by atoms with Gasteiger partial charge in [-0.1, -0.05) is 12.1 Å². The molecule has 0 fully saturated rings. The van der Waals surface area contributed by atoms with Gasteiger partial charge in [0.25, 0.3) is 5.69 Å². The maximum absolute atomic E-state index is 10.8. The minimum Gasteiger partial charge on any atom is -0.393 e. The van der Waals surface area contributed by atoms with Gasteiger partial charge in [0.2, 0.25) is 0 Å². The largest absolute Gasteiger partial charge is 0.393 e. The van der Waals surface area contributed by atoms with E-state index in [1.54, 1.807) is 13.0 Å². The molecule has 0 radical (unpaired) electrons. The number of nitro benzene ring substituents is 1. The van der Waals surface area contributed by atoms with Gasteiger partial charge >= 0.3 is 0 Å². The molecule has 1 rings (SSSR count). The monoisotopic (exact) mass is 209 g/mol. The van der Waals surface area contributed by atoms with Crippen LogP contribution in [0.4, 0.5) is 5.69 Å². The third kappa shape index (κ3) is 3.02. The third-order valence-corrected chi connectivity index (χ3v) is 2.39. The fourth-order valence-electron chi connectivity index (χ4n) is 1.54. The second-order valence-electron chi connectivity index (χ2n) is 3.72. The Bertz CT molecular complexity index is 361. The molecule has 82 valence electrons. The number of nitro groups is 1. The number of rotatable bonds is 4. The van der Waals surface area contributed by atoms with E-state index in [4.69, 9.17) is 5.11 Å². The molecule has 1 aromatic rings. The number of benzene rings is 1. The predicted octanol–water partition coefficient (Wildman–Crippen LogP) is 2.22. The molecule has 0 heterocycles. The van der Waals surface area contributed by atoms with Gasteiger partial charge in [0.1, 0.15) is 0 Å². The summed E-state index contributed by atoms with van der Waals surface area (Å²) in [5.41, 5.74) is 1.78. The van der Waals surface area contributed by atoms with Crippen molar-refractivity contribution in [1.29, 1.82) is 0 Å². The van der Waals surface area contributed by atoms with Crippen LogP contribution in [0.1, 0.15) is 24.5 Å². The standard InChI is InChI=1S/C11H15NO3/c1-8-4-3-5-11(12(14)15)10(8)7-6-9(2)13/h3-5,9,13H,6-7H2,1-2H3/t9-/m1/s1. The Kier molecular flexibility index (Phi) is 3.80. The highest BCUT2D eigenvalue weighted by molar-refractivity contribution is 5.45. The average molecular weight is 209 g/mol. The summed E-state index contributed by atoms with van der Waals surface area (Å²) in [6, 6.07) is 5.04. The van der Waals surface area contributed by atoms with Gasteiger partial charge in [-0.3, -0.25) is 10.1 Å². The average Bonchev–Trinajstić information content (AvgIpc) is 2.15. The number of aliphatic hydroxyl groups is 1. The molecule has 1 N–H and O–H groups in total. The SMILES string of the molecule is Cc1cccc([N+](=O)[O-])c1CC[C@@H](C)O. The quantitative estimate of drug-likeness (QED) is 0.610. The number of hydrogen-bond donors (Lipinski definition) is 1. The number of aliphatic hydroxyl groups excluding tert-OH is 1. The summed E-state index contributed by atoms with van der Waals surface area (Å²) < 4.78 is 0. The van der Waals surface area contributed by atoms with Crippen LogP contribution in [0, 0.1) is 17.0 Å². The highest BCUT2D eigenvalue weighted by Crippen LogP contribution is 2.23. The zero-order valence-electron chi connectivity index (χ0n) is 8.93. The molecule has 0 saturated heterocycles. The second kappa shape index (κ2) is 4.89. The molecule has 0 saturated carbocycles. The summed E-state index contributed by atoms with van der Waals surface area (Å²) in [7, 11) is 0. The van der Waals surface area contributed by atoms with Crippen LogP contribution in [0.2, 0.25) is 0 Å². The smallest absolute Gasteiger partial charge is 0.272 e. The number of aryl methyl sites for hydroxylation is 1. The Balaban J connectivity index is 2.97. The van der Waals surface area contributed by atoms with E-state index in [0.29, 0.717) is 12.8 Å². The first-order valence-electron chi connectivity index (χ1n) is 4.93. The minimum atomic E-state index is -0.427. The zero-order chi connectivity index (χ0) is 11.4. The number of nitrogens with zero attached hydrogens (tertiary/aromatic N) is 1. The minimum absolute atomic E-state index is 0.149. The summed E-state index contributed by atoms with van der Waals surface area (Å²) in [5, 5.41) is 19.9. The van der Waals surface area contributed by atoms with Crippen molar-refractivity contribution in [1.82, 2.24) is 0 Å². The lowest BCUT2D eigenvalue weighted by Crippen LogP contribution is -2.04. The molecule has 0 amide bonds. The van der Waals surface area contributed by atoms with E-state index < -0.39 is 6.10 Å².